The Morgan fingerprint density at radius 3 is 2.73 bits per heavy atom. The highest BCUT2D eigenvalue weighted by Crippen LogP contribution is 2.28. The Hall–Kier alpha value is -2.82. The van der Waals surface area contributed by atoms with Crippen molar-refractivity contribution < 1.29 is 14.6 Å². The molecule has 112 valence electrons. The number of carboxylic acid groups (broad SMARTS) is 1. The highest BCUT2D eigenvalue weighted by molar-refractivity contribution is 6.04. The molecule has 0 amide bonds. The van der Waals surface area contributed by atoms with Crippen molar-refractivity contribution in [3.8, 4) is 5.75 Å². The van der Waals surface area contributed by atoms with E-state index in [-0.39, 0.29) is 5.56 Å². The van der Waals surface area contributed by atoms with Crippen LogP contribution in [0, 0.1) is 6.92 Å². The molecule has 0 unspecified atom stereocenters. The smallest absolute Gasteiger partial charge is 0.335 e. The maximum Gasteiger partial charge on any atom is 0.335 e. The number of aromatic carboxylic acids is 1. The maximum absolute atomic E-state index is 10.8. The van der Waals surface area contributed by atoms with Crippen molar-refractivity contribution in [1.82, 2.24) is 0 Å². The molecule has 0 fully saturated rings. The largest absolute Gasteiger partial charge is 0.492 e. The number of hydrazone groups is 1. The van der Waals surface area contributed by atoms with Crippen LogP contribution in [-0.2, 0) is 0 Å². The van der Waals surface area contributed by atoms with Gasteiger partial charge in [-0.25, -0.2) is 4.79 Å². The minimum atomic E-state index is -0.938. The molecule has 0 aromatic heterocycles. The molecule has 0 saturated carbocycles. The molecule has 1 heterocycles. The zero-order valence-electron chi connectivity index (χ0n) is 12.2. The molecule has 1 aliphatic heterocycles. The van der Waals surface area contributed by atoms with Crippen molar-refractivity contribution in [2.24, 2.45) is 5.10 Å². The van der Waals surface area contributed by atoms with Crippen LogP contribution in [0.15, 0.2) is 47.6 Å². The number of ether oxygens (including phenoxy) is 1. The summed E-state index contributed by atoms with van der Waals surface area (Å²) in [5, 5.41) is 13.3. The topological polar surface area (TPSA) is 70.9 Å². The summed E-state index contributed by atoms with van der Waals surface area (Å²) in [4.78, 5) is 10.8. The number of rotatable bonds is 3. The van der Waals surface area contributed by atoms with E-state index in [4.69, 9.17) is 9.84 Å². The number of carbonyl (C=O) groups is 1. The third kappa shape index (κ3) is 2.79. The van der Waals surface area contributed by atoms with Crippen LogP contribution in [0.2, 0.25) is 0 Å². The van der Waals surface area contributed by atoms with Gasteiger partial charge in [0.15, 0.2) is 0 Å². The molecule has 2 aromatic rings. The first-order valence-corrected chi connectivity index (χ1v) is 7.04. The average Bonchev–Trinajstić information content (AvgIpc) is 2.54. The predicted molar refractivity (Wildman–Crippen MR) is 84.9 cm³/mol. The Labute approximate surface area is 128 Å². The molecule has 22 heavy (non-hydrogen) atoms. The third-order valence-electron chi connectivity index (χ3n) is 3.56. The van der Waals surface area contributed by atoms with E-state index in [1.807, 2.05) is 25.1 Å². The number of nitrogens with one attached hydrogen (secondary N) is 1. The number of aryl methyl sites for hydroxylation is 1. The molecule has 5 heteroatoms. The summed E-state index contributed by atoms with van der Waals surface area (Å²) in [6.07, 6.45) is 0.733. The zero-order valence-corrected chi connectivity index (χ0v) is 12.2. The molecule has 1 aliphatic rings. The fourth-order valence-electron chi connectivity index (χ4n) is 2.39. The first kappa shape index (κ1) is 14.1. The lowest BCUT2D eigenvalue weighted by Crippen LogP contribution is -2.18. The van der Waals surface area contributed by atoms with Gasteiger partial charge in [0.2, 0.25) is 0 Å². The number of benzene rings is 2. The molecule has 0 atom stereocenters. The molecule has 0 saturated heterocycles. The van der Waals surface area contributed by atoms with Gasteiger partial charge in [-0.05, 0) is 42.8 Å². The van der Waals surface area contributed by atoms with Gasteiger partial charge in [-0.1, -0.05) is 12.1 Å². The summed E-state index contributed by atoms with van der Waals surface area (Å²) < 4.78 is 5.70. The summed E-state index contributed by atoms with van der Waals surface area (Å²) in [5.74, 6) is -0.0535. The van der Waals surface area contributed by atoms with Gasteiger partial charge in [-0.2, -0.15) is 5.10 Å². The number of para-hydroxylation sites is 1. The fourth-order valence-corrected chi connectivity index (χ4v) is 2.39. The van der Waals surface area contributed by atoms with Gasteiger partial charge in [-0.3, -0.25) is 5.43 Å². The number of hydrogen-bond acceptors (Lipinski definition) is 4. The molecule has 0 radical (unpaired) electrons. The summed E-state index contributed by atoms with van der Waals surface area (Å²) in [6, 6.07) is 12.5. The molecule has 0 aliphatic carbocycles. The highest BCUT2D eigenvalue weighted by atomic mass is 16.5. The first-order valence-electron chi connectivity index (χ1n) is 7.04. The molecule has 5 nitrogen and oxygen atoms in total. The third-order valence-corrected chi connectivity index (χ3v) is 3.56. The van der Waals surface area contributed by atoms with Gasteiger partial charge in [0.1, 0.15) is 5.75 Å². The van der Waals surface area contributed by atoms with Crippen LogP contribution in [0.1, 0.15) is 27.9 Å². The van der Waals surface area contributed by atoms with Gasteiger partial charge in [0, 0.05) is 12.0 Å². The van der Waals surface area contributed by atoms with Crippen LogP contribution < -0.4 is 10.2 Å². The molecule has 3 rings (SSSR count). The number of anilines is 1. The van der Waals surface area contributed by atoms with Crippen molar-refractivity contribution in [2.45, 2.75) is 13.3 Å². The Balaban J connectivity index is 1.82. The lowest BCUT2D eigenvalue weighted by molar-refractivity contribution is 0.0697. The number of carboxylic acids is 1. The Morgan fingerprint density at radius 1 is 1.23 bits per heavy atom. The normalized spacial score (nSPS) is 15.0. The van der Waals surface area contributed by atoms with Crippen molar-refractivity contribution in [3.63, 3.8) is 0 Å². The SMILES string of the molecule is Cc1cccc2c1OCC/C2=N\Nc1ccc(C(=O)O)cc1. The first-order chi connectivity index (χ1) is 10.6. The number of hydrogen-bond donors (Lipinski definition) is 2. The van der Waals surface area contributed by atoms with Crippen molar-refractivity contribution in [3.05, 3.63) is 59.2 Å². The lowest BCUT2D eigenvalue weighted by atomic mass is 10.0. The fraction of sp³-hybridized carbons (Fsp3) is 0.176. The van der Waals surface area contributed by atoms with E-state index in [2.05, 4.69) is 10.5 Å². The lowest BCUT2D eigenvalue weighted by Gasteiger charge is -2.20. The van der Waals surface area contributed by atoms with Gasteiger partial charge < -0.3 is 9.84 Å². The van der Waals surface area contributed by atoms with Crippen molar-refractivity contribution in [2.75, 3.05) is 12.0 Å². The average molecular weight is 296 g/mol. The van der Waals surface area contributed by atoms with Gasteiger partial charge in [0.25, 0.3) is 0 Å². The standard InChI is InChI=1S/C17H16N2O3/c1-11-3-2-4-14-15(9-10-22-16(11)14)19-18-13-7-5-12(6-8-13)17(20)21/h2-8,18H,9-10H2,1H3,(H,20,21)/b19-15+. The minimum absolute atomic E-state index is 0.255. The van der Waals surface area contributed by atoms with Crippen molar-refractivity contribution in [1.29, 1.82) is 0 Å². The molecule has 2 aromatic carbocycles. The molecular weight excluding hydrogens is 280 g/mol. The van der Waals surface area contributed by atoms with Crippen LogP contribution in [0.5, 0.6) is 5.75 Å². The Bertz CT molecular complexity index is 736. The van der Waals surface area contributed by atoms with Gasteiger partial charge in [-0.15, -0.1) is 0 Å². The second-order valence-electron chi connectivity index (χ2n) is 5.10. The summed E-state index contributed by atoms with van der Waals surface area (Å²) in [7, 11) is 0. The predicted octanol–water partition coefficient (Wildman–Crippen LogP) is 3.29. The van der Waals surface area contributed by atoms with Crippen LogP contribution in [-0.4, -0.2) is 23.4 Å². The molecule has 2 N–H and O–H groups in total. The van der Waals surface area contributed by atoms with Crippen LogP contribution in [0.4, 0.5) is 5.69 Å². The van der Waals surface area contributed by atoms with E-state index in [1.165, 1.54) is 0 Å². The van der Waals surface area contributed by atoms with E-state index in [0.717, 1.165) is 34.7 Å². The maximum atomic E-state index is 10.8. The van der Waals surface area contributed by atoms with Crippen LogP contribution >= 0.6 is 0 Å². The number of fused-ring (bicyclic) bond motifs is 1. The second-order valence-corrected chi connectivity index (χ2v) is 5.10. The van der Waals surface area contributed by atoms with Gasteiger partial charge >= 0.3 is 5.97 Å². The van der Waals surface area contributed by atoms with E-state index in [1.54, 1.807) is 24.3 Å². The molecular formula is C17H16N2O3. The highest BCUT2D eigenvalue weighted by Gasteiger charge is 2.18. The van der Waals surface area contributed by atoms with E-state index in [9.17, 15) is 4.79 Å². The Kier molecular flexibility index (Phi) is 3.78. The summed E-state index contributed by atoms with van der Waals surface area (Å²) >= 11 is 0. The van der Waals surface area contributed by atoms with E-state index in [0.29, 0.717) is 6.61 Å². The zero-order chi connectivity index (χ0) is 15.5. The van der Waals surface area contributed by atoms with Gasteiger partial charge in [0.05, 0.1) is 23.6 Å². The summed E-state index contributed by atoms with van der Waals surface area (Å²) in [5.41, 5.74) is 7.01. The monoisotopic (exact) mass is 296 g/mol. The van der Waals surface area contributed by atoms with E-state index < -0.39 is 5.97 Å². The second kappa shape index (κ2) is 5.89. The Morgan fingerprint density at radius 2 is 2.00 bits per heavy atom. The van der Waals surface area contributed by atoms with Crippen LogP contribution in [0.3, 0.4) is 0 Å². The van der Waals surface area contributed by atoms with Crippen LogP contribution in [0.25, 0.3) is 0 Å². The quantitative estimate of drug-likeness (QED) is 0.853. The van der Waals surface area contributed by atoms with E-state index >= 15 is 0 Å². The molecule has 0 spiro atoms. The number of nitrogens with zero attached hydrogens (tertiary/aromatic N) is 1. The summed E-state index contributed by atoms with van der Waals surface area (Å²) in [6.45, 7) is 2.62. The molecule has 0 bridgehead atoms. The minimum Gasteiger partial charge on any atom is -0.492 e. The van der Waals surface area contributed by atoms with Crippen molar-refractivity contribution >= 4 is 17.4 Å².